The topological polar surface area (TPSA) is 273 Å². The van der Waals surface area contributed by atoms with Crippen molar-refractivity contribution in [2.24, 2.45) is 50.2 Å². The van der Waals surface area contributed by atoms with Crippen molar-refractivity contribution in [3.63, 3.8) is 0 Å². The molecule has 7 rings (SSSR count). The predicted molar refractivity (Wildman–Crippen MR) is 194 cm³/mol. The van der Waals surface area contributed by atoms with Crippen molar-refractivity contribution in [3.8, 4) is 0 Å². The first-order valence-electron chi connectivity index (χ1n) is 20.7. The first-order chi connectivity index (χ1) is 26.8. The number of carboxylic acid groups (broad SMARTS) is 3. The zero-order chi connectivity index (χ0) is 42.9. The largest absolute Gasteiger partial charge is 1.00 e. The van der Waals surface area contributed by atoms with E-state index in [2.05, 4.69) is 27.7 Å². The third kappa shape index (κ3) is 7.97. The van der Waals surface area contributed by atoms with E-state index in [9.17, 15) is 60.0 Å². The number of ether oxygens (including phenoxy) is 4. The number of rotatable bonds is 7. The Morgan fingerprint density at radius 2 is 1.28 bits per heavy atom. The van der Waals surface area contributed by atoms with Crippen molar-refractivity contribution in [1.82, 2.24) is 0 Å². The minimum Gasteiger partial charge on any atom is -0.547 e. The molecule has 6 N–H and O–H groups in total. The second-order valence-electron chi connectivity index (χ2n) is 20.6. The van der Waals surface area contributed by atoms with Crippen molar-refractivity contribution in [2.45, 2.75) is 174 Å². The Kier molecular flexibility index (Phi) is 15.3. The van der Waals surface area contributed by atoms with Crippen LogP contribution >= 0.6 is 0 Å². The summed E-state index contributed by atoms with van der Waals surface area (Å²) < 4.78 is 23.1. The van der Waals surface area contributed by atoms with Gasteiger partial charge >= 0.3 is 109 Å². The van der Waals surface area contributed by atoms with E-state index in [1.54, 1.807) is 0 Å². The van der Waals surface area contributed by atoms with Crippen molar-refractivity contribution < 1.29 is 182 Å². The molecule has 2 heterocycles. The summed E-state index contributed by atoms with van der Waals surface area (Å²) in [6, 6.07) is 0. The molecule has 60 heavy (non-hydrogen) atoms. The van der Waals surface area contributed by atoms with Crippen LogP contribution in [0, 0.1) is 50.2 Å². The molecule has 0 aromatic carbocycles. The number of aliphatic carboxylic acids is 3. The molecule has 16 nitrogen and oxygen atoms in total. The molecule has 5 aliphatic carbocycles. The van der Waals surface area contributed by atoms with Gasteiger partial charge in [0, 0.05) is 5.92 Å². The van der Waals surface area contributed by atoms with Gasteiger partial charge in [-0.25, -0.2) is 0 Å². The predicted octanol–water partition coefficient (Wildman–Crippen LogP) is -6.42. The summed E-state index contributed by atoms with van der Waals surface area (Å²) >= 11 is 0. The van der Waals surface area contributed by atoms with Gasteiger partial charge in [0.25, 0.3) is 0 Å². The summed E-state index contributed by atoms with van der Waals surface area (Å²) in [5.74, 6) is -5.04. The van der Waals surface area contributed by atoms with Crippen LogP contribution in [-0.4, -0.2) is 122 Å². The molecule has 6 fully saturated rings. The molecule has 2 aliphatic heterocycles. The van der Waals surface area contributed by atoms with Crippen molar-refractivity contribution in [1.29, 1.82) is 0 Å². The van der Waals surface area contributed by atoms with Gasteiger partial charge in [-0.15, -0.1) is 0 Å². The minimum absolute atomic E-state index is 0. The molecule has 4 saturated carbocycles. The molecule has 0 aromatic rings. The minimum atomic E-state index is -2.15. The Labute approximate surface area is 435 Å². The number of aliphatic hydroxyl groups is 5. The molecule has 0 spiro atoms. The Morgan fingerprint density at radius 1 is 0.717 bits per heavy atom. The summed E-state index contributed by atoms with van der Waals surface area (Å²) in [6.45, 7) is 14.8. The third-order valence-electron chi connectivity index (χ3n) is 17.2. The van der Waals surface area contributed by atoms with Crippen LogP contribution in [0.3, 0.4) is 0 Å². The van der Waals surface area contributed by atoms with Crippen LogP contribution in [0.4, 0.5) is 0 Å². The van der Waals surface area contributed by atoms with Gasteiger partial charge in [0.2, 0.25) is 0 Å². The zero-order valence-electron chi connectivity index (χ0n) is 36.3. The van der Waals surface area contributed by atoms with Gasteiger partial charge in [0.05, 0.1) is 23.5 Å². The maximum Gasteiger partial charge on any atom is 1.00 e. The Morgan fingerprint density at radius 3 is 1.87 bits per heavy atom. The standard InChI is InChI=1S/C42H62O16.2K/c1-37(2)21-8-11-42(7)31(20(43)16-18-19-17-39(4,36(53)54)13-12-38(19,3)14-15-41(18,42)6)40(21,5)10-9-22(37)55-35-30(26(47)25(46)29(57-35)33(51)52)58-34-27(48)23(44)24(45)28(56-34)32(49)50;;/h16,19,21-31,34-35,44-48H,8-15,17H2,1-7H3,(H,49,50)(H,51,52)(H,53,54);;/q;2*+1/p-2. The summed E-state index contributed by atoms with van der Waals surface area (Å²) in [7, 11) is 0. The Balaban J connectivity index is 0.00000341. The van der Waals surface area contributed by atoms with Gasteiger partial charge in [0.15, 0.2) is 18.4 Å². The number of allylic oxidation sites excluding steroid dienone is 2. The Bertz CT molecular complexity index is 1740. The van der Waals surface area contributed by atoms with E-state index in [0.29, 0.717) is 38.5 Å². The number of hydrogen-bond acceptors (Lipinski definition) is 15. The number of fused-ring (bicyclic) bond motifs is 7. The van der Waals surface area contributed by atoms with E-state index in [4.69, 9.17) is 18.9 Å². The fourth-order valence-electron chi connectivity index (χ4n) is 13.4. The fraction of sp³-hybridized carbons (Fsp3) is 0.857. The number of carboxylic acids is 3. The second-order valence-corrected chi connectivity index (χ2v) is 20.6. The molecule has 0 aromatic heterocycles. The van der Waals surface area contributed by atoms with Gasteiger partial charge in [-0.1, -0.05) is 47.1 Å². The van der Waals surface area contributed by atoms with E-state index in [1.807, 2.05) is 26.8 Å². The normalized spacial score (nSPS) is 50.8. The van der Waals surface area contributed by atoms with Crippen LogP contribution in [0.2, 0.25) is 0 Å². The average Bonchev–Trinajstić information content (AvgIpc) is 3.13. The van der Waals surface area contributed by atoms with E-state index in [0.717, 1.165) is 24.8 Å². The maximum absolute atomic E-state index is 14.8. The second kappa shape index (κ2) is 17.8. The van der Waals surface area contributed by atoms with Crippen LogP contribution in [0.1, 0.15) is 106 Å². The molecule has 0 radical (unpaired) electrons. The molecule has 7 aliphatic rings. The van der Waals surface area contributed by atoms with Crippen LogP contribution in [0.15, 0.2) is 11.6 Å². The van der Waals surface area contributed by atoms with Gasteiger partial charge in [-0.05, 0) is 110 Å². The van der Waals surface area contributed by atoms with Crippen LogP contribution in [0.25, 0.3) is 0 Å². The number of hydrogen-bond donors (Lipinski definition) is 6. The van der Waals surface area contributed by atoms with Gasteiger partial charge in [-0.3, -0.25) is 9.59 Å². The number of ketones is 1. The van der Waals surface area contributed by atoms with Crippen LogP contribution in [-0.2, 0) is 38.1 Å². The summed E-state index contributed by atoms with van der Waals surface area (Å²) in [4.78, 5) is 51.1. The quantitative estimate of drug-likeness (QED) is 0.102. The smallest absolute Gasteiger partial charge is 0.547 e. The van der Waals surface area contributed by atoms with Crippen molar-refractivity contribution >= 4 is 23.7 Å². The van der Waals surface area contributed by atoms with Crippen molar-refractivity contribution in [2.75, 3.05) is 0 Å². The fourth-order valence-corrected chi connectivity index (χ4v) is 13.4. The van der Waals surface area contributed by atoms with E-state index in [1.165, 1.54) is 0 Å². The number of carbonyl (C=O) groups excluding carboxylic acids is 3. The molecule has 19 atom stereocenters. The zero-order valence-corrected chi connectivity index (χ0v) is 42.5. The first kappa shape index (κ1) is 51.7. The molecule has 19 unspecified atom stereocenters. The molecule has 0 amide bonds. The molecular formula is C42H60K2O16. The third-order valence-corrected chi connectivity index (χ3v) is 17.2. The number of aliphatic hydroxyl groups excluding tert-OH is 5. The van der Waals surface area contributed by atoms with E-state index < -0.39 is 107 Å². The van der Waals surface area contributed by atoms with Gasteiger partial charge < -0.3 is 69.4 Å². The van der Waals surface area contributed by atoms with E-state index in [-0.39, 0.29) is 137 Å². The molecule has 0 bridgehead atoms. The van der Waals surface area contributed by atoms with Crippen molar-refractivity contribution in [3.05, 3.63) is 11.6 Å². The van der Waals surface area contributed by atoms with Crippen LogP contribution < -0.4 is 113 Å². The summed E-state index contributed by atoms with van der Waals surface area (Å²) in [5, 5.41) is 87.1. The van der Waals surface area contributed by atoms with E-state index >= 15 is 0 Å². The van der Waals surface area contributed by atoms with Gasteiger partial charge in [0.1, 0.15) is 48.8 Å². The number of carbonyl (C=O) groups is 4. The van der Waals surface area contributed by atoms with Crippen LogP contribution in [0.5, 0.6) is 0 Å². The molecule has 326 valence electrons. The summed E-state index contributed by atoms with van der Waals surface area (Å²) in [6.07, 6.45) is -13.1. The molecule has 18 heteroatoms. The first-order valence-corrected chi connectivity index (χ1v) is 20.7. The SMILES string of the molecule is CC1(C(=O)O)CCC2(C)CCC3(C)C(=CC(=O)C4C5(C)CCC(OC6OC(C(=O)[O-])C(O)C(O)C6OC6OC(C(=O)[O-])C(O)C(O)C6O)C(C)(C)C5CCC43C)C2C1.[K+].[K+]. The Hall–Kier alpha value is 0.733. The van der Waals surface area contributed by atoms with Gasteiger partial charge in [-0.2, -0.15) is 0 Å². The summed E-state index contributed by atoms with van der Waals surface area (Å²) in [5.41, 5.74) is -1.89. The molecule has 2 saturated heterocycles. The maximum atomic E-state index is 14.8. The monoisotopic (exact) mass is 898 g/mol. The average molecular weight is 899 g/mol. The molecular weight excluding hydrogens is 839 g/mol.